The van der Waals surface area contributed by atoms with E-state index in [1.807, 2.05) is 56.3 Å². The standard InChI is InChI=1S/C20H23N3O2/c1-13-5-4-6-17(11-13)22-20(25)14(2)21-18-7-8-19-16(12-18)9-10-23(19)15(3)24/h4-8,11-12,14,21H,9-10H2,1-3H3,(H,22,25). The van der Waals surface area contributed by atoms with E-state index in [9.17, 15) is 9.59 Å². The van der Waals surface area contributed by atoms with Crippen molar-refractivity contribution in [3.63, 3.8) is 0 Å². The van der Waals surface area contributed by atoms with Crippen LogP contribution in [0.3, 0.4) is 0 Å². The molecule has 0 saturated carbocycles. The lowest BCUT2D eigenvalue weighted by Gasteiger charge is -2.18. The fourth-order valence-corrected chi connectivity index (χ4v) is 3.11. The summed E-state index contributed by atoms with van der Waals surface area (Å²) in [7, 11) is 0. The zero-order valence-electron chi connectivity index (χ0n) is 14.8. The van der Waals surface area contributed by atoms with Gasteiger partial charge in [0, 0.05) is 30.5 Å². The van der Waals surface area contributed by atoms with Crippen molar-refractivity contribution in [3.05, 3.63) is 53.6 Å². The summed E-state index contributed by atoms with van der Waals surface area (Å²) < 4.78 is 0. The number of fused-ring (bicyclic) bond motifs is 1. The van der Waals surface area contributed by atoms with E-state index >= 15 is 0 Å². The van der Waals surface area contributed by atoms with Gasteiger partial charge in [-0.05, 0) is 61.7 Å². The highest BCUT2D eigenvalue weighted by Crippen LogP contribution is 2.30. The molecule has 0 bridgehead atoms. The van der Waals surface area contributed by atoms with Crippen molar-refractivity contribution in [1.29, 1.82) is 0 Å². The van der Waals surface area contributed by atoms with Crippen molar-refractivity contribution in [1.82, 2.24) is 0 Å². The zero-order chi connectivity index (χ0) is 18.0. The number of amides is 2. The number of rotatable bonds is 4. The lowest BCUT2D eigenvalue weighted by atomic mass is 10.1. The lowest BCUT2D eigenvalue weighted by Crippen LogP contribution is -2.31. The molecule has 3 rings (SSSR count). The van der Waals surface area contributed by atoms with Crippen molar-refractivity contribution < 1.29 is 9.59 Å². The quantitative estimate of drug-likeness (QED) is 0.899. The van der Waals surface area contributed by atoms with Gasteiger partial charge in [-0.1, -0.05) is 12.1 Å². The Hall–Kier alpha value is -2.82. The summed E-state index contributed by atoms with van der Waals surface area (Å²) in [6.45, 7) is 6.13. The van der Waals surface area contributed by atoms with Gasteiger partial charge in [0.15, 0.2) is 0 Å². The van der Waals surface area contributed by atoms with Crippen LogP contribution in [0.25, 0.3) is 0 Å². The fraction of sp³-hybridized carbons (Fsp3) is 0.300. The summed E-state index contributed by atoms with van der Waals surface area (Å²) >= 11 is 0. The summed E-state index contributed by atoms with van der Waals surface area (Å²) in [6, 6.07) is 13.2. The number of anilines is 3. The van der Waals surface area contributed by atoms with Crippen molar-refractivity contribution in [2.24, 2.45) is 0 Å². The van der Waals surface area contributed by atoms with E-state index in [1.54, 1.807) is 11.8 Å². The first-order valence-electron chi connectivity index (χ1n) is 8.49. The second-order valence-corrected chi connectivity index (χ2v) is 6.49. The molecule has 25 heavy (non-hydrogen) atoms. The first kappa shape index (κ1) is 17.0. The molecule has 2 aromatic carbocycles. The molecular formula is C20H23N3O2. The maximum atomic E-state index is 12.4. The maximum Gasteiger partial charge on any atom is 0.246 e. The Balaban J connectivity index is 1.66. The molecule has 0 radical (unpaired) electrons. The highest BCUT2D eigenvalue weighted by Gasteiger charge is 2.22. The first-order chi connectivity index (χ1) is 11.9. The number of benzene rings is 2. The fourth-order valence-electron chi connectivity index (χ4n) is 3.11. The van der Waals surface area contributed by atoms with Crippen LogP contribution in [0.4, 0.5) is 17.1 Å². The van der Waals surface area contributed by atoms with Gasteiger partial charge in [-0.25, -0.2) is 0 Å². The molecule has 2 amide bonds. The van der Waals surface area contributed by atoms with E-state index in [1.165, 1.54) is 0 Å². The van der Waals surface area contributed by atoms with Gasteiger partial charge in [0.05, 0.1) is 0 Å². The minimum atomic E-state index is -0.371. The third-order valence-electron chi connectivity index (χ3n) is 4.42. The van der Waals surface area contributed by atoms with E-state index in [4.69, 9.17) is 0 Å². The Morgan fingerprint density at radius 1 is 1.12 bits per heavy atom. The average Bonchev–Trinajstić information content (AvgIpc) is 2.98. The minimum absolute atomic E-state index is 0.0605. The van der Waals surface area contributed by atoms with Crippen molar-refractivity contribution >= 4 is 28.9 Å². The van der Waals surface area contributed by atoms with Crippen LogP contribution in [0.1, 0.15) is 25.0 Å². The molecule has 0 saturated heterocycles. The van der Waals surface area contributed by atoms with E-state index in [2.05, 4.69) is 10.6 Å². The third kappa shape index (κ3) is 3.82. The molecule has 1 aliphatic heterocycles. The van der Waals surface area contributed by atoms with Gasteiger partial charge >= 0.3 is 0 Å². The number of aryl methyl sites for hydroxylation is 1. The number of hydrogen-bond donors (Lipinski definition) is 2. The number of hydrogen-bond acceptors (Lipinski definition) is 3. The normalized spacial score (nSPS) is 14.0. The summed E-state index contributed by atoms with van der Waals surface area (Å²) in [5.74, 6) is -0.0261. The van der Waals surface area contributed by atoms with Gasteiger partial charge in [-0.2, -0.15) is 0 Å². The first-order valence-corrected chi connectivity index (χ1v) is 8.49. The summed E-state index contributed by atoms with van der Waals surface area (Å²) in [5.41, 5.74) is 4.88. The van der Waals surface area contributed by atoms with Crippen LogP contribution < -0.4 is 15.5 Å². The van der Waals surface area contributed by atoms with Crippen LogP contribution in [-0.4, -0.2) is 24.4 Å². The molecule has 5 nitrogen and oxygen atoms in total. The molecule has 0 aromatic heterocycles. The van der Waals surface area contributed by atoms with Crippen molar-refractivity contribution in [2.75, 3.05) is 22.1 Å². The minimum Gasteiger partial charge on any atom is -0.374 e. The van der Waals surface area contributed by atoms with Crippen molar-refractivity contribution in [3.8, 4) is 0 Å². The van der Waals surface area contributed by atoms with E-state index in [0.717, 1.165) is 41.2 Å². The predicted molar refractivity (Wildman–Crippen MR) is 101 cm³/mol. The Morgan fingerprint density at radius 3 is 2.64 bits per heavy atom. The van der Waals surface area contributed by atoms with E-state index < -0.39 is 0 Å². The molecule has 1 atom stereocenters. The highest BCUT2D eigenvalue weighted by molar-refractivity contribution is 5.97. The molecule has 0 fully saturated rings. The molecule has 2 aromatic rings. The average molecular weight is 337 g/mol. The van der Waals surface area contributed by atoms with Crippen LogP contribution in [-0.2, 0) is 16.0 Å². The molecular weight excluding hydrogens is 314 g/mol. The molecule has 5 heteroatoms. The van der Waals surface area contributed by atoms with Gasteiger partial charge < -0.3 is 15.5 Å². The Labute approximate surface area is 148 Å². The molecule has 1 unspecified atom stereocenters. The zero-order valence-corrected chi connectivity index (χ0v) is 14.8. The van der Waals surface area contributed by atoms with Gasteiger partial charge in [0.2, 0.25) is 11.8 Å². The second kappa shape index (κ2) is 6.97. The largest absolute Gasteiger partial charge is 0.374 e. The van der Waals surface area contributed by atoms with Gasteiger partial charge in [-0.3, -0.25) is 9.59 Å². The molecule has 1 heterocycles. The Morgan fingerprint density at radius 2 is 1.92 bits per heavy atom. The van der Waals surface area contributed by atoms with Gasteiger partial charge in [0.1, 0.15) is 6.04 Å². The molecule has 130 valence electrons. The summed E-state index contributed by atoms with van der Waals surface area (Å²) in [4.78, 5) is 25.8. The van der Waals surface area contributed by atoms with E-state index in [-0.39, 0.29) is 17.9 Å². The smallest absolute Gasteiger partial charge is 0.246 e. The number of carbonyl (C=O) groups is 2. The number of carbonyl (C=O) groups excluding carboxylic acids is 2. The summed E-state index contributed by atoms with van der Waals surface area (Å²) in [5, 5.41) is 6.16. The monoisotopic (exact) mass is 337 g/mol. The van der Waals surface area contributed by atoms with Crippen LogP contribution in [0.5, 0.6) is 0 Å². The van der Waals surface area contributed by atoms with Crippen LogP contribution in [0.15, 0.2) is 42.5 Å². The molecule has 0 aliphatic carbocycles. The van der Waals surface area contributed by atoms with Crippen molar-refractivity contribution in [2.45, 2.75) is 33.2 Å². The predicted octanol–water partition coefficient (Wildman–Crippen LogP) is 3.34. The van der Waals surface area contributed by atoms with Crippen LogP contribution in [0, 0.1) is 6.92 Å². The topological polar surface area (TPSA) is 61.4 Å². The van der Waals surface area contributed by atoms with Gasteiger partial charge in [0.25, 0.3) is 0 Å². The maximum absolute atomic E-state index is 12.4. The Bertz CT molecular complexity index is 816. The number of nitrogens with zero attached hydrogens (tertiary/aromatic N) is 1. The summed E-state index contributed by atoms with van der Waals surface area (Å²) in [6.07, 6.45) is 0.842. The molecule has 2 N–H and O–H groups in total. The Kier molecular flexibility index (Phi) is 4.74. The highest BCUT2D eigenvalue weighted by atomic mass is 16.2. The van der Waals surface area contributed by atoms with Crippen LogP contribution in [0.2, 0.25) is 0 Å². The molecule has 0 spiro atoms. The van der Waals surface area contributed by atoms with Crippen LogP contribution >= 0.6 is 0 Å². The molecule has 1 aliphatic rings. The van der Waals surface area contributed by atoms with Gasteiger partial charge in [-0.15, -0.1) is 0 Å². The van der Waals surface area contributed by atoms with E-state index in [0.29, 0.717) is 0 Å². The third-order valence-corrected chi connectivity index (χ3v) is 4.42. The lowest BCUT2D eigenvalue weighted by molar-refractivity contribution is -0.117. The SMILES string of the molecule is CC(=O)N1CCc2cc(NC(C)C(=O)Nc3cccc(C)c3)ccc21. The second-order valence-electron chi connectivity index (χ2n) is 6.49. The number of nitrogens with one attached hydrogen (secondary N) is 2.